The van der Waals surface area contributed by atoms with Crippen molar-refractivity contribution in [3.05, 3.63) is 53.2 Å². The van der Waals surface area contributed by atoms with Crippen molar-refractivity contribution >= 4 is 5.91 Å². The number of carbonyl (C=O) groups is 1. The summed E-state index contributed by atoms with van der Waals surface area (Å²) in [6, 6.07) is 7.97. The summed E-state index contributed by atoms with van der Waals surface area (Å²) in [7, 11) is 0. The Bertz CT molecular complexity index is 902. The van der Waals surface area contributed by atoms with Crippen LogP contribution >= 0.6 is 0 Å². The Balaban J connectivity index is 1.47. The lowest BCUT2D eigenvalue weighted by molar-refractivity contribution is -0.128. The van der Waals surface area contributed by atoms with E-state index in [0.29, 0.717) is 36.9 Å². The number of nitrogens with one attached hydrogen (secondary N) is 1. The van der Waals surface area contributed by atoms with Crippen molar-refractivity contribution in [2.75, 3.05) is 6.54 Å². The van der Waals surface area contributed by atoms with E-state index in [-0.39, 0.29) is 17.6 Å². The molecule has 128 valence electrons. The van der Waals surface area contributed by atoms with Crippen molar-refractivity contribution in [1.29, 1.82) is 0 Å². The van der Waals surface area contributed by atoms with Crippen LogP contribution in [0.15, 0.2) is 34.9 Å². The summed E-state index contributed by atoms with van der Waals surface area (Å²) in [6.07, 6.45) is 0.333. The number of hydrogen-bond acceptors (Lipinski definition) is 5. The van der Waals surface area contributed by atoms with Crippen molar-refractivity contribution in [3.63, 3.8) is 0 Å². The van der Waals surface area contributed by atoms with Gasteiger partial charge in [-0.05, 0) is 30.7 Å². The number of likely N-dealkylation sites (tertiary alicyclic amines) is 1. The van der Waals surface area contributed by atoms with Gasteiger partial charge in [-0.15, -0.1) is 0 Å². The summed E-state index contributed by atoms with van der Waals surface area (Å²) >= 11 is 0. The van der Waals surface area contributed by atoms with Gasteiger partial charge in [0, 0.05) is 31.1 Å². The fraction of sp³-hybridized carbons (Fsp3) is 0.294. The Hall–Kier alpha value is -3.03. The van der Waals surface area contributed by atoms with Gasteiger partial charge in [0.15, 0.2) is 11.5 Å². The van der Waals surface area contributed by atoms with Crippen molar-refractivity contribution in [2.24, 2.45) is 0 Å². The van der Waals surface area contributed by atoms with Crippen LogP contribution in [0.3, 0.4) is 0 Å². The highest BCUT2D eigenvalue weighted by molar-refractivity contribution is 5.79. The molecule has 1 aromatic carbocycles. The molecule has 0 bridgehead atoms. The maximum Gasteiger partial charge on any atom is 0.278 e. The summed E-state index contributed by atoms with van der Waals surface area (Å²) in [5, 5.41) is 10.9. The summed E-state index contributed by atoms with van der Waals surface area (Å²) in [5.41, 5.74) is 2.37. The number of nitrogens with zero attached hydrogens (tertiary/aromatic N) is 4. The lowest BCUT2D eigenvalue weighted by Crippen LogP contribution is -2.24. The van der Waals surface area contributed by atoms with Gasteiger partial charge < -0.3 is 9.42 Å². The summed E-state index contributed by atoms with van der Waals surface area (Å²) in [4.78, 5) is 18.4. The van der Waals surface area contributed by atoms with Crippen LogP contribution in [0.25, 0.3) is 11.6 Å². The second-order valence-electron chi connectivity index (χ2n) is 6.20. The normalized spacial score (nSPS) is 17.4. The molecule has 1 amide bonds. The molecule has 25 heavy (non-hydrogen) atoms. The molecule has 3 heterocycles. The molecule has 1 fully saturated rings. The second-order valence-corrected chi connectivity index (χ2v) is 6.20. The smallest absolute Gasteiger partial charge is 0.278 e. The Morgan fingerprint density at radius 1 is 1.36 bits per heavy atom. The monoisotopic (exact) mass is 341 g/mol. The minimum Gasteiger partial charge on any atom is -0.338 e. The Morgan fingerprint density at radius 3 is 2.88 bits per heavy atom. The third kappa shape index (κ3) is 3.15. The quantitative estimate of drug-likeness (QED) is 0.787. The zero-order valence-electron chi connectivity index (χ0n) is 13.6. The van der Waals surface area contributed by atoms with Crippen LogP contribution in [0.5, 0.6) is 0 Å². The van der Waals surface area contributed by atoms with E-state index in [1.54, 1.807) is 17.0 Å². The fourth-order valence-electron chi connectivity index (χ4n) is 2.94. The standard InChI is InChI=1S/C17H16FN5O2/c1-10-6-14(21-20-10)17-19-16(22-25-17)12-7-15(24)23(9-12)8-11-2-4-13(18)5-3-11/h2-6,12H,7-9H2,1H3,(H,20,21)/t12-/m1/s1. The first-order valence-corrected chi connectivity index (χ1v) is 7.96. The molecule has 1 atom stereocenters. The first-order chi connectivity index (χ1) is 12.1. The van der Waals surface area contributed by atoms with Crippen LogP contribution in [0.2, 0.25) is 0 Å². The highest BCUT2D eigenvalue weighted by atomic mass is 19.1. The van der Waals surface area contributed by atoms with E-state index in [4.69, 9.17) is 4.52 Å². The number of H-pyrrole nitrogens is 1. The van der Waals surface area contributed by atoms with Crippen LogP contribution < -0.4 is 0 Å². The largest absolute Gasteiger partial charge is 0.338 e. The number of hydrogen-bond donors (Lipinski definition) is 1. The molecule has 0 aliphatic carbocycles. The molecule has 1 aliphatic heterocycles. The SMILES string of the molecule is Cc1cc(-c2nc([C@@H]3CC(=O)N(Cc4ccc(F)cc4)C3)no2)n[nH]1. The van der Waals surface area contributed by atoms with E-state index in [1.807, 2.05) is 13.0 Å². The number of rotatable bonds is 4. The Morgan fingerprint density at radius 2 is 2.16 bits per heavy atom. The zero-order chi connectivity index (χ0) is 17.4. The molecule has 1 saturated heterocycles. The maximum atomic E-state index is 13.0. The fourth-order valence-corrected chi connectivity index (χ4v) is 2.94. The third-order valence-corrected chi connectivity index (χ3v) is 4.23. The number of aromatic nitrogens is 4. The van der Waals surface area contributed by atoms with Gasteiger partial charge >= 0.3 is 0 Å². The summed E-state index contributed by atoms with van der Waals surface area (Å²) < 4.78 is 18.3. The molecule has 8 heteroatoms. The van der Waals surface area contributed by atoms with Gasteiger partial charge in [-0.1, -0.05) is 17.3 Å². The molecule has 0 spiro atoms. The summed E-state index contributed by atoms with van der Waals surface area (Å²) in [6.45, 7) is 2.84. The van der Waals surface area contributed by atoms with E-state index in [1.165, 1.54) is 12.1 Å². The number of amides is 1. The first-order valence-electron chi connectivity index (χ1n) is 7.96. The average molecular weight is 341 g/mol. The predicted octanol–water partition coefficient (Wildman–Crippen LogP) is 2.42. The highest BCUT2D eigenvalue weighted by Gasteiger charge is 2.33. The minimum atomic E-state index is -0.290. The molecule has 0 saturated carbocycles. The zero-order valence-corrected chi connectivity index (χ0v) is 13.6. The van der Waals surface area contributed by atoms with Gasteiger partial charge in [-0.3, -0.25) is 9.89 Å². The van der Waals surface area contributed by atoms with Crippen molar-refractivity contribution in [3.8, 4) is 11.6 Å². The number of halogens is 1. The predicted molar refractivity (Wildman–Crippen MR) is 85.8 cm³/mol. The third-order valence-electron chi connectivity index (χ3n) is 4.23. The van der Waals surface area contributed by atoms with E-state index < -0.39 is 0 Å². The lowest BCUT2D eigenvalue weighted by Gasteiger charge is -2.16. The molecule has 1 aliphatic rings. The van der Waals surface area contributed by atoms with E-state index >= 15 is 0 Å². The Kier molecular flexibility index (Phi) is 3.79. The number of benzene rings is 1. The van der Waals surface area contributed by atoms with Gasteiger partial charge in [0.25, 0.3) is 5.89 Å². The van der Waals surface area contributed by atoms with Gasteiger partial charge in [-0.2, -0.15) is 10.1 Å². The average Bonchev–Trinajstić information content (AvgIpc) is 3.30. The van der Waals surface area contributed by atoms with Crippen molar-refractivity contribution in [1.82, 2.24) is 25.2 Å². The molecule has 3 aromatic rings. The second kappa shape index (κ2) is 6.12. The number of carbonyl (C=O) groups excluding carboxylic acids is 1. The molecule has 1 N–H and O–H groups in total. The Labute approximate surface area is 142 Å². The maximum absolute atomic E-state index is 13.0. The molecule has 0 radical (unpaired) electrons. The van der Waals surface area contributed by atoms with Gasteiger partial charge in [0.2, 0.25) is 5.91 Å². The van der Waals surface area contributed by atoms with Gasteiger partial charge in [0.1, 0.15) is 5.82 Å². The van der Waals surface area contributed by atoms with Crippen LogP contribution in [-0.2, 0) is 11.3 Å². The minimum absolute atomic E-state index is 0.0243. The highest BCUT2D eigenvalue weighted by Crippen LogP contribution is 2.29. The van der Waals surface area contributed by atoms with Crippen molar-refractivity contribution < 1.29 is 13.7 Å². The van der Waals surface area contributed by atoms with E-state index in [2.05, 4.69) is 20.3 Å². The molecular weight excluding hydrogens is 325 g/mol. The lowest BCUT2D eigenvalue weighted by atomic mass is 10.1. The van der Waals surface area contributed by atoms with Crippen LogP contribution in [0.1, 0.15) is 29.4 Å². The van der Waals surface area contributed by atoms with Crippen LogP contribution in [0, 0.1) is 12.7 Å². The van der Waals surface area contributed by atoms with Gasteiger partial charge in [-0.25, -0.2) is 4.39 Å². The molecule has 4 rings (SSSR count). The van der Waals surface area contributed by atoms with E-state index in [9.17, 15) is 9.18 Å². The van der Waals surface area contributed by atoms with Crippen LogP contribution in [-0.4, -0.2) is 37.7 Å². The molecular formula is C17H16FN5O2. The molecule has 0 unspecified atom stereocenters. The topological polar surface area (TPSA) is 87.9 Å². The van der Waals surface area contributed by atoms with Crippen LogP contribution in [0.4, 0.5) is 4.39 Å². The molecule has 2 aromatic heterocycles. The first kappa shape index (κ1) is 15.5. The van der Waals surface area contributed by atoms with E-state index in [0.717, 1.165) is 11.3 Å². The molecule has 7 nitrogen and oxygen atoms in total. The number of aryl methyl sites for hydroxylation is 1. The number of aromatic amines is 1. The summed E-state index contributed by atoms with van der Waals surface area (Å²) in [5.74, 6) is 0.457. The van der Waals surface area contributed by atoms with Gasteiger partial charge in [0.05, 0.1) is 0 Å². The van der Waals surface area contributed by atoms with Crippen molar-refractivity contribution in [2.45, 2.75) is 25.8 Å².